The van der Waals surface area contributed by atoms with Crippen LogP contribution in [-0.2, 0) is 11.2 Å². The summed E-state index contributed by atoms with van der Waals surface area (Å²) in [4.78, 5) is 13.9. The molecule has 2 heterocycles. The van der Waals surface area contributed by atoms with E-state index in [0.29, 0.717) is 12.3 Å². The van der Waals surface area contributed by atoms with Gasteiger partial charge in [0.05, 0.1) is 24.6 Å². The van der Waals surface area contributed by atoms with Crippen LogP contribution in [-0.4, -0.2) is 38.2 Å². The van der Waals surface area contributed by atoms with Gasteiger partial charge in [0.25, 0.3) is 0 Å². The van der Waals surface area contributed by atoms with Crippen molar-refractivity contribution in [1.29, 1.82) is 0 Å². The first-order valence-electron chi connectivity index (χ1n) is 13.1. The predicted molar refractivity (Wildman–Crippen MR) is 147 cm³/mol. The maximum absolute atomic E-state index is 13.4. The van der Waals surface area contributed by atoms with Crippen molar-refractivity contribution in [3.63, 3.8) is 0 Å². The van der Waals surface area contributed by atoms with Crippen molar-refractivity contribution in [2.24, 2.45) is 16.9 Å². The molecule has 6 heteroatoms. The maximum Gasteiger partial charge on any atom is 0.123 e. The molecule has 0 spiro atoms. The van der Waals surface area contributed by atoms with Crippen LogP contribution < -0.4 is 14.6 Å². The van der Waals surface area contributed by atoms with E-state index in [0.717, 1.165) is 61.4 Å². The third kappa shape index (κ3) is 5.53. The van der Waals surface area contributed by atoms with Gasteiger partial charge in [0, 0.05) is 37.2 Å². The summed E-state index contributed by atoms with van der Waals surface area (Å²) in [5.74, 6) is 1.35. The highest BCUT2D eigenvalue weighted by Crippen LogP contribution is 2.33. The van der Waals surface area contributed by atoms with E-state index in [1.54, 1.807) is 19.2 Å². The Morgan fingerprint density at radius 3 is 2.41 bits per heavy atom. The molecule has 1 unspecified atom stereocenters. The summed E-state index contributed by atoms with van der Waals surface area (Å²) in [6.45, 7) is 4.19. The highest BCUT2D eigenvalue weighted by Gasteiger charge is 2.35. The number of halogens is 1. The van der Waals surface area contributed by atoms with E-state index >= 15 is 0 Å². The second-order valence-electron chi connectivity index (χ2n) is 10.1. The Morgan fingerprint density at radius 2 is 1.73 bits per heavy atom. The van der Waals surface area contributed by atoms with Crippen LogP contribution in [0.25, 0.3) is 0 Å². The van der Waals surface area contributed by atoms with Crippen molar-refractivity contribution in [3.05, 3.63) is 89.7 Å². The number of rotatable bonds is 8. The van der Waals surface area contributed by atoms with Crippen LogP contribution >= 0.6 is 0 Å². The molecule has 5 rings (SSSR count). The van der Waals surface area contributed by atoms with Gasteiger partial charge >= 0.3 is 0 Å². The summed E-state index contributed by atoms with van der Waals surface area (Å²) >= 11 is 0. The molecule has 5 nitrogen and oxygen atoms in total. The molecule has 37 heavy (non-hydrogen) atoms. The summed E-state index contributed by atoms with van der Waals surface area (Å²) in [5, 5.41) is 6.85. The normalized spacial score (nSPS) is 20.1. The topological polar surface area (TPSA) is 45.1 Å². The molecule has 3 aromatic carbocycles. The van der Waals surface area contributed by atoms with Crippen molar-refractivity contribution in [3.8, 4) is 5.75 Å². The van der Waals surface area contributed by atoms with E-state index in [1.165, 1.54) is 23.4 Å². The van der Waals surface area contributed by atoms with Gasteiger partial charge in [-0.05, 0) is 72.7 Å². The number of anilines is 2. The third-order valence-corrected chi connectivity index (χ3v) is 7.77. The fourth-order valence-corrected chi connectivity index (χ4v) is 5.59. The molecule has 0 bridgehead atoms. The third-order valence-electron chi connectivity index (χ3n) is 7.77. The predicted octanol–water partition coefficient (Wildman–Crippen LogP) is 6.11. The molecule has 2 aliphatic rings. The first kappa shape index (κ1) is 25.0. The lowest BCUT2D eigenvalue weighted by atomic mass is 9.89. The number of piperidine rings is 1. The lowest BCUT2D eigenvalue weighted by molar-refractivity contribution is -0.108. The van der Waals surface area contributed by atoms with Gasteiger partial charge in [-0.3, -0.25) is 5.01 Å². The number of methoxy groups -OCH3 is 1. The minimum Gasteiger partial charge on any atom is -0.497 e. The molecular formula is C31H34FN3O2. The van der Waals surface area contributed by atoms with Gasteiger partial charge in [0.1, 0.15) is 17.9 Å². The molecule has 2 atom stereocenters. The van der Waals surface area contributed by atoms with Crippen molar-refractivity contribution in [2.75, 3.05) is 30.1 Å². The van der Waals surface area contributed by atoms with E-state index in [1.807, 2.05) is 11.1 Å². The standard InChI is InChI=1S/C31H34FN3O2/c1-22-30(16-19-36)35(33-31(22)25-8-10-26(32)11-9-25)27-12-6-23(7-13-27)20-24-14-17-34(18-15-24)28-4-3-5-29(21-28)37-2/h3-13,19,21-22,24,30H,14-18,20H2,1-2H3/t22?,30-/m0/s1. The summed E-state index contributed by atoms with van der Waals surface area (Å²) in [7, 11) is 1.71. The largest absolute Gasteiger partial charge is 0.497 e. The Morgan fingerprint density at radius 1 is 1.00 bits per heavy atom. The number of ether oxygens (including phenoxy) is 1. The Kier molecular flexibility index (Phi) is 7.54. The SMILES string of the molecule is COc1cccc(N2CCC(Cc3ccc(N4N=C(c5ccc(F)cc5)C(C)[C@@H]4CC=O)cc3)CC2)c1. The highest BCUT2D eigenvalue weighted by atomic mass is 19.1. The highest BCUT2D eigenvalue weighted by molar-refractivity contribution is 6.05. The van der Waals surface area contributed by atoms with E-state index in [4.69, 9.17) is 9.84 Å². The van der Waals surface area contributed by atoms with Crippen LogP contribution in [0.5, 0.6) is 5.75 Å². The Labute approximate surface area is 218 Å². The van der Waals surface area contributed by atoms with Gasteiger partial charge in [0.2, 0.25) is 0 Å². The van der Waals surface area contributed by atoms with E-state index in [2.05, 4.69) is 54.3 Å². The number of carbonyl (C=O) groups excluding carboxylic acids is 1. The maximum atomic E-state index is 13.4. The minimum absolute atomic E-state index is 0.0515. The van der Waals surface area contributed by atoms with Gasteiger partial charge < -0.3 is 14.4 Å². The van der Waals surface area contributed by atoms with E-state index in [9.17, 15) is 9.18 Å². The molecule has 192 valence electrons. The number of nitrogens with zero attached hydrogens (tertiary/aromatic N) is 3. The number of hydrogen-bond donors (Lipinski definition) is 0. The molecule has 0 saturated carbocycles. The van der Waals surface area contributed by atoms with Crippen LogP contribution in [0, 0.1) is 17.7 Å². The first-order chi connectivity index (χ1) is 18.1. The molecule has 1 fully saturated rings. The first-order valence-corrected chi connectivity index (χ1v) is 13.1. The lowest BCUT2D eigenvalue weighted by Gasteiger charge is -2.34. The summed E-state index contributed by atoms with van der Waals surface area (Å²) in [5.41, 5.74) is 5.31. The fourth-order valence-electron chi connectivity index (χ4n) is 5.59. The van der Waals surface area contributed by atoms with E-state index < -0.39 is 0 Å². The van der Waals surface area contributed by atoms with Crippen LogP contribution in [0.3, 0.4) is 0 Å². The average molecular weight is 500 g/mol. The van der Waals surface area contributed by atoms with Crippen LogP contribution in [0.1, 0.15) is 37.3 Å². The zero-order chi connectivity index (χ0) is 25.8. The second-order valence-corrected chi connectivity index (χ2v) is 10.1. The number of aldehydes is 1. The summed E-state index contributed by atoms with van der Waals surface area (Å²) < 4.78 is 18.8. The number of carbonyl (C=O) groups is 1. The summed E-state index contributed by atoms with van der Waals surface area (Å²) in [6, 6.07) is 23.3. The smallest absolute Gasteiger partial charge is 0.123 e. The number of hydrogen-bond acceptors (Lipinski definition) is 5. The van der Waals surface area contributed by atoms with Crippen molar-refractivity contribution in [1.82, 2.24) is 0 Å². The monoisotopic (exact) mass is 499 g/mol. The molecule has 1 saturated heterocycles. The van der Waals surface area contributed by atoms with Gasteiger partial charge in [-0.15, -0.1) is 0 Å². The molecule has 0 amide bonds. The Bertz CT molecular complexity index is 1230. The molecule has 0 radical (unpaired) electrons. The molecular weight excluding hydrogens is 465 g/mol. The average Bonchev–Trinajstić information content (AvgIpc) is 3.26. The molecule has 0 aliphatic carbocycles. The lowest BCUT2D eigenvalue weighted by Crippen LogP contribution is -2.34. The minimum atomic E-state index is -0.266. The second kappa shape index (κ2) is 11.2. The summed E-state index contributed by atoms with van der Waals surface area (Å²) in [6.07, 6.45) is 4.74. The zero-order valence-electron chi connectivity index (χ0n) is 21.5. The van der Waals surface area contributed by atoms with Gasteiger partial charge in [-0.25, -0.2) is 4.39 Å². The fraction of sp³-hybridized carbons (Fsp3) is 0.355. The Hall–Kier alpha value is -3.67. The van der Waals surface area contributed by atoms with Crippen LogP contribution in [0.2, 0.25) is 0 Å². The van der Waals surface area contributed by atoms with E-state index in [-0.39, 0.29) is 17.8 Å². The molecule has 3 aromatic rings. The number of hydrazone groups is 1. The van der Waals surface area contributed by atoms with Gasteiger partial charge in [-0.2, -0.15) is 5.10 Å². The molecule has 0 N–H and O–H groups in total. The quantitative estimate of drug-likeness (QED) is 0.351. The van der Waals surface area contributed by atoms with Crippen molar-refractivity contribution in [2.45, 2.75) is 38.6 Å². The molecule has 0 aromatic heterocycles. The van der Waals surface area contributed by atoms with Crippen LogP contribution in [0.15, 0.2) is 77.9 Å². The van der Waals surface area contributed by atoms with Gasteiger partial charge in [-0.1, -0.05) is 37.3 Å². The molecule has 2 aliphatic heterocycles. The van der Waals surface area contributed by atoms with Crippen molar-refractivity contribution >= 4 is 23.4 Å². The van der Waals surface area contributed by atoms with Crippen molar-refractivity contribution < 1.29 is 13.9 Å². The number of benzene rings is 3. The van der Waals surface area contributed by atoms with Crippen LogP contribution in [0.4, 0.5) is 15.8 Å². The zero-order valence-corrected chi connectivity index (χ0v) is 21.5. The van der Waals surface area contributed by atoms with Gasteiger partial charge in [0.15, 0.2) is 0 Å². The Balaban J connectivity index is 1.24.